The van der Waals surface area contributed by atoms with Crippen molar-refractivity contribution in [2.45, 2.75) is 72.6 Å². The highest BCUT2D eigenvalue weighted by atomic mass is 16.2. The first kappa shape index (κ1) is 36.0. The number of primary amides is 2. The lowest BCUT2D eigenvalue weighted by molar-refractivity contribution is 0.0992. The highest BCUT2D eigenvalue weighted by molar-refractivity contribution is 6.05. The summed E-state index contributed by atoms with van der Waals surface area (Å²) < 4.78 is 7.21. The van der Waals surface area contributed by atoms with Crippen molar-refractivity contribution >= 4 is 57.6 Å². The number of aromatic nitrogens is 8. The highest BCUT2D eigenvalue weighted by Crippen LogP contribution is 2.25. The van der Waals surface area contributed by atoms with Gasteiger partial charge >= 0.3 is 0 Å². The first-order chi connectivity index (χ1) is 26.0. The predicted octanol–water partition coefficient (Wildman–Crippen LogP) is 3.13. The Morgan fingerprint density at radius 3 is 1.93 bits per heavy atom. The first-order valence-corrected chi connectivity index (χ1v) is 18.1. The second kappa shape index (κ2) is 14.9. The lowest BCUT2D eigenvalue weighted by Gasteiger charge is -2.14. The number of carbonyl (C=O) groups is 4. The molecule has 2 aromatic carbocycles. The summed E-state index contributed by atoms with van der Waals surface area (Å²) in [6.07, 6.45) is 2.99. The molecule has 0 atom stereocenters. The quantitative estimate of drug-likeness (QED) is 0.180. The molecule has 7 rings (SSSR count). The van der Waals surface area contributed by atoms with Crippen molar-refractivity contribution in [2.24, 2.45) is 11.5 Å². The Kier molecular flexibility index (Phi) is 9.96. The van der Waals surface area contributed by atoms with Crippen molar-refractivity contribution in [3.8, 4) is 0 Å². The summed E-state index contributed by atoms with van der Waals surface area (Å²) in [7, 11) is 0. The second-order valence-electron chi connectivity index (χ2n) is 13.4. The number of aryl methyl sites for hydroxylation is 4. The molecule has 0 saturated carbocycles. The SMILES string of the molecule is CCn1nc(C)c2c1C(=O)Nc1nc3cc(C(N)=O)ccc3n1CCNCCn1c(nc3cc(C(N)=O)ccc31)NC(=O)c1cc(C)nn1CCCCC2. The highest BCUT2D eigenvalue weighted by Gasteiger charge is 2.24. The minimum atomic E-state index is -0.576. The summed E-state index contributed by atoms with van der Waals surface area (Å²) in [4.78, 5) is 61.2. The fourth-order valence-corrected chi connectivity index (χ4v) is 7.08. The van der Waals surface area contributed by atoms with Gasteiger partial charge in [0.1, 0.15) is 11.4 Å². The fraction of sp³-hybridized carbons (Fsp3) is 0.351. The molecule has 1 aliphatic rings. The van der Waals surface area contributed by atoms with E-state index >= 15 is 0 Å². The molecule has 0 radical (unpaired) electrons. The van der Waals surface area contributed by atoms with E-state index in [9.17, 15) is 19.2 Å². The van der Waals surface area contributed by atoms with Gasteiger partial charge in [-0.15, -0.1) is 0 Å². The summed E-state index contributed by atoms with van der Waals surface area (Å²) >= 11 is 0. The molecule has 6 aromatic rings. The maximum absolute atomic E-state index is 14.1. The van der Waals surface area contributed by atoms with Crippen LogP contribution in [0.1, 0.15) is 84.8 Å². The molecule has 0 fully saturated rings. The fourth-order valence-electron chi connectivity index (χ4n) is 7.08. The van der Waals surface area contributed by atoms with Gasteiger partial charge in [-0.1, -0.05) is 6.42 Å². The number of hydrogen-bond donors (Lipinski definition) is 5. The van der Waals surface area contributed by atoms with Gasteiger partial charge < -0.3 is 25.9 Å². The molecule has 0 unspecified atom stereocenters. The largest absolute Gasteiger partial charge is 0.366 e. The zero-order valence-electron chi connectivity index (χ0n) is 30.5. The molecule has 280 valence electrons. The summed E-state index contributed by atoms with van der Waals surface area (Å²) in [6, 6.07) is 11.8. The van der Waals surface area contributed by atoms with E-state index in [4.69, 9.17) is 16.5 Å². The van der Waals surface area contributed by atoms with E-state index in [0.29, 0.717) is 102 Å². The molecule has 54 heavy (non-hydrogen) atoms. The van der Waals surface area contributed by atoms with Crippen molar-refractivity contribution in [1.29, 1.82) is 0 Å². The van der Waals surface area contributed by atoms with Crippen LogP contribution < -0.4 is 27.4 Å². The van der Waals surface area contributed by atoms with Crippen LogP contribution in [0.4, 0.5) is 11.9 Å². The van der Waals surface area contributed by atoms with Crippen LogP contribution in [-0.4, -0.2) is 75.4 Å². The number of nitrogens with one attached hydrogen (secondary N) is 3. The summed E-state index contributed by atoms with van der Waals surface area (Å²) in [5.41, 5.74) is 17.5. The molecule has 4 amide bonds. The van der Waals surface area contributed by atoms with Crippen LogP contribution in [-0.2, 0) is 32.6 Å². The van der Waals surface area contributed by atoms with Crippen LogP contribution in [0.5, 0.6) is 0 Å². The van der Waals surface area contributed by atoms with Gasteiger partial charge in [0.25, 0.3) is 11.8 Å². The molecule has 4 aromatic heterocycles. The Hall–Kier alpha value is -6.36. The zero-order chi connectivity index (χ0) is 38.1. The maximum atomic E-state index is 14.1. The van der Waals surface area contributed by atoms with Gasteiger partial charge in [-0.2, -0.15) is 10.2 Å². The molecule has 0 spiro atoms. The van der Waals surface area contributed by atoms with E-state index in [1.54, 1.807) is 51.8 Å². The standard InChI is InChI=1S/C37H43N13O4/c1-4-49-31-25(22(3)46-49)8-6-5-7-15-50-30(18-21(2)45-50)34(53)43-36-41-26-19-23(32(38)51)9-11-28(26)47(36)16-13-40-14-17-48-29-12-10-24(33(39)52)20-27(29)42-37(48)44-35(31)54/h9-12,18-20,40H,4-8,13-17H2,1-3H3,(H2,38,51)(H2,39,52)(H,41,43,53)(H,42,44,54). The lowest BCUT2D eigenvalue weighted by Crippen LogP contribution is -2.27. The lowest BCUT2D eigenvalue weighted by atomic mass is 10.0. The summed E-state index contributed by atoms with van der Waals surface area (Å²) in [5.74, 6) is -1.18. The number of fused-ring (bicyclic) bond motifs is 8. The van der Waals surface area contributed by atoms with Gasteiger partial charge in [-0.3, -0.25) is 39.2 Å². The molecule has 0 aliphatic carbocycles. The van der Waals surface area contributed by atoms with Crippen LogP contribution in [0.25, 0.3) is 22.1 Å². The van der Waals surface area contributed by atoms with Gasteiger partial charge in [0, 0.05) is 56.0 Å². The first-order valence-electron chi connectivity index (χ1n) is 18.1. The van der Waals surface area contributed by atoms with Crippen molar-refractivity contribution < 1.29 is 19.2 Å². The van der Waals surface area contributed by atoms with Gasteiger partial charge in [0.15, 0.2) is 0 Å². The van der Waals surface area contributed by atoms with E-state index in [1.165, 1.54) is 0 Å². The molecule has 7 N–H and O–H groups in total. The average molecular weight is 734 g/mol. The molecule has 0 bridgehead atoms. The second-order valence-corrected chi connectivity index (χ2v) is 13.4. The molecule has 17 nitrogen and oxygen atoms in total. The van der Waals surface area contributed by atoms with Gasteiger partial charge in [-0.25, -0.2) is 9.97 Å². The van der Waals surface area contributed by atoms with E-state index in [0.717, 1.165) is 36.0 Å². The number of imidazole rings is 2. The number of benzene rings is 2. The normalized spacial score (nSPS) is 14.9. The Morgan fingerprint density at radius 1 is 0.759 bits per heavy atom. The van der Waals surface area contributed by atoms with Crippen LogP contribution in [0.2, 0.25) is 0 Å². The Morgan fingerprint density at radius 2 is 1.35 bits per heavy atom. The minimum absolute atomic E-state index is 0.310. The van der Waals surface area contributed by atoms with Crippen LogP contribution >= 0.6 is 0 Å². The van der Waals surface area contributed by atoms with Crippen molar-refractivity contribution in [2.75, 3.05) is 23.7 Å². The van der Waals surface area contributed by atoms with Crippen molar-refractivity contribution in [3.63, 3.8) is 0 Å². The van der Waals surface area contributed by atoms with E-state index in [1.807, 2.05) is 29.9 Å². The summed E-state index contributed by atoms with van der Waals surface area (Å²) in [5, 5.41) is 18.8. The van der Waals surface area contributed by atoms with Crippen LogP contribution in [0.15, 0.2) is 42.5 Å². The third kappa shape index (κ3) is 7.04. The molecular formula is C37H43N13O4. The maximum Gasteiger partial charge on any atom is 0.276 e. The van der Waals surface area contributed by atoms with Gasteiger partial charge in [-0.05, 0) is 82.5 Å². The molecule has 0 saturated heterocycles. The third-order valence-corrected chi connectivity index (χ3v) is 9.74. The Labute approximate surface area is 310 Å². The Bertz CT molecular complexity index is 2430. The number of anilines is 2. The average Bonchev–Trinajstić information content (AvgIpc) is 3.88. The molecular weight excluding hydrogens is 690 g/mol. The predicted molar refractivity (Wildman–Crippen MR) is 202 cm³/mol. The number of hydrogen-bond acceptors (Lipinski definition) is 9. The zero-order valence-corrected chi connectivity index (χ0v) is 30.5. The summed E-state index contributed by atoms with van der Waals surface area (Å²) in [6.45, 7) is 8.52. The monoisotopic (exact) mass is 733 g/mol. The number of nitrogens with two attached hydrogens (primary N) is 2. The third-order valence-electron chi connectivity index (χ3n) is 9.74. The number of rotatable bonds is 3. The topological polar surface area (TPSA) is 228 Å². The van der Waals surface area contributed by atoms with Gasteiger partial charge in [0.05, 0.1) is 33.5 Å². The van der Waals surface area contributed by atoms with Crippen molar-refractivity contribution in [3.05, 3.63) is 81.9 Å². The number of amides is 4. The van der Waals surface area contributed by atoms with Gasteiger partial charge in [0.2, 0.25) is 23.7 Å². The number of carbonyl (C=O) groups excluding carboxylic acids is 4. The van der Waals surface area contributed by atoms with Crippen LogP contribution in [0, 0.1) is 13.8 Å². The van der Waals surface area contributed by atoms with Crippen LogP contribution in [0.3, 0.4) is 0 Å². The van der Waals surface area contributed by atoms with E-state index in [-0.39, 0.29) is 11.8 Å². The number of nitrogens with zero attached hydrogens (tertiary/aromatic N) is 8. The Balaban J connectivity index is 1.24. The van der Waals surface area contributed by atoms with Crippen molar-refractivity contribution in [1.82, 2.24) is 44.0 Å². The van der Waals surface area contributed by atoms with E-state index in [2.05, 4.69) is 31.1 Å². The minimum Gasteiger partial charge on any atom is -0.366 e. The molecule has 1 aliphatic heterocycles. The smallest absolute Gasteiger partial charge is 0.276 e. The molecule has 17 heteroatoms. The van der Waals surface area contributed by atoms with E-state index < -0.39 is 11.8 Å². The molecule has 5 heterocycles.